The van der Waals surface area contributed by atoms with Gasteiger partial charge in [-0.1, -0.05) is 23.2 Å². The normalized spacial score (nSPS) is 9.89. The minimum atomic E-state index is 0.324. The van der Waals surface area contributed by atoms with Gasteiger partial charge in [0.1, 0.15) is 17.2 Å². The molecule has 0 fully saturated rings. The standard InChI is InChI=1S/C12H7Cl2N3O/c1-7-11(14)16-6-17-12(7)18-10-3-2-8(5-15)4-9(10)13/h2-4,6H,1H3. The van der Waals surface area contributed by atoms with E-state index in [2.05, 4.69) is 9.97 Å². The zero-order chi connectivity index (χ0) is 13.1. The zero-order valence-electron chi connectivity index (χ0n) is 9.32. The van der Waals surface area contributed by atoms with E-state index in [9.17, 15) is 0 Å². The minimum Gasteiger partial charge on any atom is -0.437 e. The first kappa shape index (κ1) is 12.6. The fourth-order valence-electron chi connectivity index (χ4n) is 1.27. The quantitative estimate of drug-likeness (QED) is 0.786. The topological polar surface area (TPSA) is 58.8 Å². The van der Waals surface area contributed by atoms with Crippen LogP contribution in [0.25, 0.3) is 0 Å². The van der Waals surface area contributed by atoms with E-state index in [1.54, 1.807) is 19.1 Å². The van der Waals surface area contributed by atoms with Crippen LogP contribution in [0.1, 0.15) is 11.1 Å². The number of halogens is 2. The molecular formula is C12H7Cl2N3O. The van der Waals surface area contributed by atoms with Crippen molar-refractivity contribution in [1.29, 1.82) is 5.26 Å². The molecule has 2 aromatic rings. The first-order valence-electron chi connectivity index (χ1n) is 4.96. The molecule has 0 aliphatic carbocycles. The Morgan fingerprint density at radius 3 is 2.72 bits per heavy atom. The molecule has 0 unspecified atom stereocenters. The van der Waals surface area contributed by atoms with Crippen LogP contribution in [-0.4, -0.2) is 9.97 Å². The number of ether oxygens (including phenoxy) is 1. The number of nitrogens with zero attached hydrogens (tertiary/aromatic N) is 3. The molecule has 0 bridgehead atoms. The van der Waals surface area contributed by atoms with E-state index in [4.69, 9.17) is 33.2 Å². The molecule has 0 N–H and O–H groups in total. The molecule has 0 saturated carbocycles. The van der Waals surface area contributed by atoms with Crippen molar-refractivity contribution >= 4 is 23.2 Å². The summed E-state index contributed by atoms with van der Waals surface area (Å²) in [5.74, 6) is 0.746. The van der Waals surface area contributed by atoms with E-state index in [1.807, 2.05) is 6.07 Å². The molecule has 6 heteroatoms. The second-order valence-corrected chi connectivity index (χ2v) is 4.22. The lowest BCUT2D eigenvalue weighted by atomic mass is 10.2. The Bertz CT molecular complexity index is 638. The van der Waals surface area contributed by atoms with E-state index in [0.29, 0.717) is 32.9 Å². The van der Waals surface area contributed by atoms with Crippen LogP contribution in [0.15, 0.2) is 24.5 Å². The fourth-order valence-corrected chi connectivity index (χ4v) is 1.62. The third kappa shape index (κ3) is 2.53. The summed E-state index contributed by atoms with van der Waals surface area (Å²) in [4.78, 5) is 7.81. The van der Waals surface area contributed by atoms with Crippen LogP contribution in [-0.2, 0) is 0 Å². The maximum atomic E-state index is 8.74. The van der Waals surface area contributed by atoms with Gasteiger partial charge in [0.25, 0.3) is 0 Å². The smallest absolute Gasteiger partial charge is 0.226 e. The van der Waals surface area contributed by atoms with E-state index in [-0.39, 0.29) is 0 Å². The van der Waals surface area contributed by atoms with Crippen molar-refractivity contribution in [2.45, 2.75) is 6.92 Å². The largest absolute Gasteiger partial charge is 0.437 e. The zero-order valence-corrected chi connectivity index (χ0v) is 10.8. The van der Waals surface area contributed by atoms with E-state index in [0.717, 1.165) is 0 Å². The van der Waals surface area contributed by atoms with Gasteiger partial charge in [-0.25, -0.2) is 9.97 Å². The summed E-state index contributed by atoms with van der Waals surface area (Å²) in [6, 6.07) is 6.73. The Morgan fingerprint density at radius 1 is 1.28 bits per heavy atom. The van der Waals surface area contributed by atoms with Gasteiger partial charge in [-0.2, -0.15) is 5.26 Å². The molecule has 4 nitrogen and oxygen atoms in total. The minimum absolute atomic E-state index is 0.324. The van der Waals surface area contributed by atoms with Gasteiger partial charge in [-0.15, -0.1) is 0 Å². The Kier molecular flexibility index (Phi) is 3.66. The lowest BCUT2D eigenvalue weighted by Crippen LogP contribution is -1.94. The monoisotopic (exact) mass is 279 g/mol. The molecule has 18 heavy (non-hydrogen) atoms. The van der Waals surface area contributed by atoms with Crippen LogP contribution in [0.4, 0.5) is 0 Å². The average Bonchev–Trinajstić information content (AvgIpc) is 2.37. The Labute approximate surface area is 114 Å². The molecule has 1 heterocycles. The molecule has 0 spiro atoms. The molecule has 90 valence electrons. The summed E-state index contributed by atoms with van der Waals surface area (Å²) >= 11 is 11.9. The van der Waals surface area contributed by atoms with Crippen LogP contribution in [0, 0.1) is 18.3 Å². The summed E-state index contributed by atoms with van der Waals surface area (Å²) in [6.45, 7) is 1.75. The first-order chi connectivity index (χ1) is 8.61. The van der Waals surface area contributed by atoms with Crippen molar-refractivity contribution in [1.82, 2.24) is 9.97 Å². The number of nitriles is 1. The van der Waals surface area contributed by atoms with E-state index >= 15 is 0 Å². The van der Waals surface area contributed by atoms with Crippen molar-refractivity contribution in [2.75, 3.05) is 0 Å². The fraction of sp³-hybridized carbons (Fsp3) is 0.0833. The predicted molar refractivity (Wildman–Crippen MR) is 68.0 cm³/mol. The molecule has 0 radical (unpaired) electrons. The lowest BCUT2D eigenvalue weighted by molar-refractivity contribution is 0.457. The number of benzene rings is 1. The van der Waals surface area contributed by atoms with Gasteiger partial charge < -0.3 is 4.74 Å². The van der Waals surface area contributed by atoms with Crippen molar-refractivity contribution in [2.24, 2.45) is 0 Å². The van der Waals surface area contributed by atoms with Gasteiger partial charge in [0.05, 0.1) is 16.7 Å². The highest BCUT2D eigenvalue weighted by Gasteiger charge is 2.10. The second kappa shape index (κ2) is 5.21. The summed E-state index contributed by atoms with van der Waals surface area (Å²) in [5, 5.41) is 9.40. The highest BCUT2D eigenvalue weighted by atomic mass is 35.5. The summed E-state index contributed by atoms with van der Waals surface area (Å²) in [6.07, 6.45) is 1.31. The summed E-state index contributed by atoms with van der Waals surface area (Å²) in [5.41, 5.74) is 1.09. The Balaban J connectivity index is 2.35. The van der Waals surface area contributed by atoms with Gasteiger partial charge >= 0.3 is 0 Å². The average molecular weight is 280 g/mol. The van der Waals surface area contributed by atoms with E-state index < -0.39 is 0 Å². The number of hydrogen-bond acceptors (Lipinski definition) is 4. The number of rotatable bonds is 2. The summed E-state index contributed by atoms with van der Waals surface area (Å²) in [7, 11) is 0. The molecular weight excluding hydrogens is 273 g/mol. The van der Waals surface area contributed by atoms with Crippen molar-refractivity contribution < 1.29 is 4.74 Å². The number of hydrogen-bond donors (Lipinski definition) is 0. The summed E-state index contributed by atoms with van der Waals surface area (Å²) < 4.78 is 5.54. The lowest BCUT2D eigenvalue weighted by Gasteiger charge is -2.09. The van der Waals surface area contributed by atoms with Crippen LogP contribution >= 0.6 is 23.2 Å². The molecule has 1 aromatic carbocycles. The first-order valence-corrected chi connectivity index (χ1v) is 5.72. The molecule has 0 aliphatic heterocycles. The van der Waals surface area contributed by atoms with Crippen LogP contribution in [0.2, 0.25) is 10.2 Å². The Hall–Kier alpha value is -1.83. The van der Waals surface area contributed by atoms with Crippen molar-refractivity contribution in [3.63, 3.8) is 0 Å². The molecule has 0 saturated heterocycles. The highest BCUT2D eigenvalue weighted by molar-refractivity contribution is 6.32. The number of aromatic nitrogens is 2. The molecule has 0 aliphatic rings. The Morgan fingerprint density at radius 2 is 2.06 bits per heavy atom. The van der Waals surface area contributed by atoms with Crippen LogP contribution in [0.5, 0.6) is 11.6 Å². The van der Waals surface area contributed by atoms with Crippen LogP contribution in [0.3, 0.4) is 0 Å². The van der Waals surface area contributed by atoms with Gasteiger partial charge in [0.15, 0.2) is 0 Å². The SMILES string of the molecule is Cc1c(Cl)ncnc1Oc1ccc(C#N)cc1Cl. The van der Waals surface area contributed by atoms with E-state index in [1.165, 1.54) is 12.4 Å². The molecule has 0 atom stereocenters. The van der Waals surface area contributed by atoms with Crippen molar-refractivity contribution in [3.05, 3.63) is 45.8 Å². The second-order valence-electron chi connectivity index (χ2n) is 3.45. The van der Waals surface area contributed by atoms with Crippen molar-refractivity contribution in [3.8, 4) is 17.7 Å². The predicted octanol–water partition coefficient (Wildman–Crippen LogP) is 3.76. The van der Waals surface area contributed by atoms with Gasteiger partial charge in [-0.05, 0) is 25.1 Å². The molecule has 0 amide bonds. The molecule has 2 rings (SSSR count). The van der Waals surface area contributed by atoms with Gasteiger partial charge in [0.2, 0.25) is 5.88 Å². The van der Waals surface area contributed by atoms with Gasteiger partial charge in [0, 0.05) is 5.56 Å². The van der Waals surface area contributed by atoms with Crippen LogP contribution < -0.4 is 4.74 Å². The highest BCUT2D eigenvalue weighted by Crippen LogP contribution is 2.31. The maximum absolute atomic E-state index is 8.74. The molecule has 1 aromatic heterocycles. The maximum Gasteiger partial charge on any atom is 0.226 e. The van der Waals surface area contributed by atoms with Gasteiger partial charge in [-0.3, -0.25) is 0 Å². The third-order valence-electron chi connectivity index (χ3n) is 2.24. The third-order valence-corrected chi connectivity index (χ3v) is 2.92.